The highest BCUT2D eigenvalue weighted by molar-refractivity contribution is 7.13. The number of aromatic nitrogens is 1. The highest BCUT2D eigenvalue weighted by Crippen LogP contribution is 2.23. The number of halogens is 2. The maximum atomic E-state index is 13.1. The minimum Gasteiger partial charge on any atom is -0.456 e. The van der Waals surface area contributed by atoms with Crippen LogP contribution in [0.25, 0.3) is 10.6 Å². The fourth-order valence-electron chi connectivity index (χ4n) is 1.93. The van der Waals surface area contributed by atoms with Crippen molar-refractivity contribution in [3.63, 3.8) is 0 Å². The quantitative estimate of drug-likeness (QED) is 0.663. The van der Waals surface area contributed by atoms with E-state index in [9.17, 15) is 13.6 Å². The third kappa shape index (κ3) is 3.60. The molecule has 1 aromatic heterocycles. The normalized spacial score (nSPS) is 10.5. The van der Waals surface area contributed by atoms with Crippen molar-refractivity contribution in [1.82, 2.24) is 4.98 Å². The number of hydrogen-bond donors (Lipinski definition) is 0. The largest absolute Gasteiger partial charge is 0.456 e. The van der Waals surface area contributed by atoms with E-state index in [1.807, 2.05) is 30.3 Å². The van der Waals surface area contributed by atoms with E-state index in [0.29, 0.717) is 5.69 Å². The molecule has 0 atom stereocenters. The summed E-state index contributed by atoms with van der Waals surface area (Å²) in [6.07, 6.45) is 0. The summed E-state index contributed by atoms with van der Waals surface area (Å²) < 4.78 is 31.0. The van der Waals surface area contributed by atoms with Gasteiger partial charge in [-0.2, -0.15) is 0 Å². The average Bonchev–Trinajstić information content (AvgIpc) is 3.05. The number of rotatable bonds is 4. The SMILES string of the molecule is O=C(OCc1csc(-c2ccccc2)n1)c1ccc(F)c(F)c1. The third-order valence-corrected chi connectivity index (χ3v) is 4.02. The second-order valence-electron chi connectivity index (χ2n) is 4.72. The topological polar surface area (TPSA) is 39.2 Å². The van der Waals surface area contributed by atoms with E-state index in [1.54, 1.807) is 5.38 Å². The molecule has 3 aromatic rings. The van der Waals surface area contributed by atoms with Gasteiger partial charge in [0.25, 0.3) is 0 Å². The molecule has 116 valence electrons. The van der Waals surface area contributed by atoms with E-state index in [-0.39, 0.29) is 12.2 Å². The van der Waals surface area contributed by atoms with Gasteiger partial charge in [-0.3, -0.25) is 0 Å². The Morgan fingerprint density at radius 1 is 1.09 bits per heavy atom. The first-order valence-corrected chi connectivity index (χ1v) is 7.63. The van der Waals surface area contributed by atoms with Gasteiger partial charge in [-0.25, -0.2) is 18.6 Å². The second-order valence-corrected chi connectivity index (χ2v) is 5.57. The van der Waals surface area contributed by atoms with Crippen molar-refractivity contribution >= 4 is 17.3 Å². The molecule has 0 radical (unpaired) electrons. The van der Waals surface area contributed by atoms with Gasteiger partial charge in [-0.1, -0.05) is 30.3 Å². The summed E-state index contributed by atoms with van der Waals surface area (Å²) in [6, 6.07) is 12.5. The molecular formula is C17H11F2NO2S. The van der Waals surface area contributed by atoms with Crippen LogP contribution in [0.3, 0.4) is 0 Å². The molecule has 2 aromatic carbocycles. The van der Waals surface area contributed by atoms with Crippen LogP contribution < -0.4 is 0 Å². The van der Waals surface area contributed by atoms with Crippen LogP contribution in [0.15, 0.2) is 53.9 Å². The fourth-order valence-corrected chi connectivity index (χ4v) is 2.74. The van der Waals surface area contributed by atoms with Crippen molar-refractivity contribution in [2.45, 2.75) is 6.61 Å². The molecule has 0 bridgehead atoms. The van der Waals surface area contributed by atoms with Crippen molar-refractivity contribution in [1.29, 1.82) is 0 Å². The van der Waals surface area contributed by atoms with Crippen molar-refractivity contribution in [2.75, 3.05) is 0 Å². The first-order valence-electron chi connectivity index (χ1n) is 6.75. The minimum absolute atomic E-state index is 0.0266. The second kappa shape index (κ2) is 6.66. The van der Waals surface area contributed by atoms with Crippen molar-refractivity contribution in [3.8, 4) is 10.6 Å². The van der Waals surface area contributed by atoms with Crippen molar-refractivity contribution in [2.24, 2.45) is 0 Å². The Bertz CT molecular complexity index is 834. The van der Waals surface area contributed by atoms with Gasteiger partial charge in [0.1, 0.15) is 11.6 Å². The van der Waals surface area contributed by atoms with Gasteiger partial charge < -0.3 is 4.74 Å². The van der Waals surface area contributed by atoms with E-state index in [1.165, 1.54) is 17.4 Å². The smallest absolute Gasteiger partial charge is 0.338 e. The highest BCUT2D eigenvalue weighted by Gasteiger charge is 2.12. The predicted octanol–water partition coefficient (Wildman–Crippen LogP) is 4.45. The number of thiazole rings is 1. The van der Waals surface area contributed by atoms with Crippen LogP contribution >= 0.6 is 11.3 Å². The van der Waals surface area contributed by atoms with Gasteiger partial charge >= 0.3 is 5.97 Å². The van der Waals surface area contributed by atoms with Gasteiger partial charge in [0.2, 0.25) is 0 Å². The number of benzene rings is 2. The molecule has 0 unspecified atom stereocenters. The summed E-state index contributed by atoms with van der Waals surface area (Å²) in [5.41, 5.74) is 1.54. The molecule has 0 saturated carbocycles. The zero-order chi connectivity index (χ0) is 16.2. The van der Waals surface area contributed by atoms with E-state index >= 15 is 0 Å². The number of carbonyl (C=O) groups is 1. The van der Waals surface area contributed by atoms with Crippen LogP contribution in [0.4, 0.5) is 8.78 Å². The molecule has 6 heteroatoms. The third-order valence-electron chi connectivity index (χ3n) is 3.08. The number of esters is 1. The van der Waals surface area contributed by atoms with Crippen LogP contribution in [0.5, 0.6) is 0 Å². The summed E-state index contributed by atoms with van der Waals surface area (Å²) >= 11 is 1.44. The first kappa shape index (κ1) is 15.3. The Kier molecular flexibility index (Phi) is 4.43. The molecule has 0 amide bonds. The monoisotopic (exact) mass is 331 g/mol. The lowest BCUT2D eigenvalue weighted by Crippen LogP contribution is -2.06. The summed E-state index contributed by atoms with van der Waals surface area (Å²) in [7, 11) is 0. The highest BCUT2D eigenvalue weighted by atomic mass is 32.1. The molecule has 0 N–H and O–H groups in total. The van der Waals surface area contributed by atoms with E-state index in [2.05, 4.69) is 4.98 Å². The molecule has 3 rings (SSSR count). The van der Waals surface area contributed by atoms with Crippen LogP contribution in [0, 0.1) is 11.6 Å². The Hall–Kier alpha value is -2.60. The summed E-state index contributed by atoms with van der Waals surface area (Å²) in [5.74, 6) is -2.81. The van der Waals surface area contributed by atoms with Crippen LogP contribution in [0.1, 0.15) is 16.1 Å². The van der Waals surface area contributed by atoms with E-state index in [0.717, 1.165) is 22.7 Å². The lowest BCUT2D eigenvalue weighted by Gasteiger charge is -2.03. The van der Waals surface area contributed by atoms with Gasteiger partial charge in [0, 0.05) is 10.9 Å². The van der Waals surface area contributed by atoms with E-state index in [4.69, 9.17) is 4.74 Å². The van der Waals surface area contributed by atoms with Crippen molar-refractivity contribution in [3.05, 3.63) is 76.8 Å². The van der Waals surface area contributed by atoms with Gasteiger partial charge in [0.05, 0.1) is 11.3 Å². The van der Waals surface area contributed by atoms with Gasteiger partial charge in [-0.15, -0.1) is 11.3 Å². The number of hydrogen-bond acceptors (Lipinski definition) is 4. The maximum Gasteiger partial charge on any atom is 0.338 e. The zero-order valence-corrected chi connectivity index (χ0v) is 12.6. The van der Waals surface area contributed by atoms with Crippen LogP contribution in [-0.2, 0) is 11.3 Å². The molecule has 3 nitrogen and oxygen atoms in total. The molecule has 23 heavy (non-hydrogen) atoms. The summed E-state index contributed by atoms with van der Waals surface area (Å²) in [4.78, 5) is 16.2. The lowest BCUT2D eigenvalue weighted by atomic mass is 10.2. The molecule has 1 heterocycles. The molecule has 0 aliphatic rings. The van der Waals surface area contributed by atoms with E-state index < -0.39 is 17.6 Å². The van der Waals surface area contributed by atoms with Gasteiger partial charge in [0.15, 0.2) is 11.6 Å². The molecular weight excluding hydrogens is 320 g/mol. The maximum absolute atomic E-state index is 13.1. The Morgan fingerprint density at radius 2 is 1.87 bits per heavy atom. The summed E-state index contributed by atoms with van der Waals surface area (Å²) in [5, 5.41) is 2.62. The van der Waals surface area contributed by atoms with Crippen LogP contribution in [0.2, 0.25) is 0 Å². The van der Waals surface area contributed by atoms with Gasteiger partial charge in [-0.05, 0) is 18.2 Å². The van der Waals surface area contributed by atoms with Crippen LogP contribution in [-0.4, -0.2) is 11.0 Å². The molecule has 0 aliphatic carbocycles. The molecule has 0 fully saturated rings. The number of carbonyl (C=O) groups excluding carboxylic acids is 1. The fraction of sp³-hybridized carbons (Fsp3) is 0.0588. The number of nitrogens with zero attached hydrogens (tertiary/aromatic N) is 1. The molecule has 0 aliphatic heterocycles. The standard InChI is InChI=1S/C17H11F2NO2S/c18-14-7-6-12(8-15(14)19)17(21)22-9-13-10-23-16(20-13)11-4-2-1-3-5-11/h1-8,10H,9H2. The lowest BCUT2D eigenvalue weighted by molar-refractivity contribution is 0.0468. The Morgan fingerprint density at radius 3 is 2.61 bits per heavy atom. The Balaban J connectivity index is 1.65. The first-order chi connectivity index (χ1) is 11.1. The molecule has 0 saturated heterocycles. The Labute approximate surface area is 135 Å². The number of ether oxygens (including phenoxy) is 1. The molecule has 0 spiro atoms. The summed E-state index contributed by atoms with van der Waals surface area (Å²) in [6.45, 7) is -0.0266. The minimum atomic E-state index is -1.08. The average molecular weight is 331 g/mol. The zero-order valence-electron chi connectivity index (χ0n) is 11.8. The predicted molar refractivity (Wildman–Crippen MR) is 83.0 cm³/mol. The van der Waals surface area contributed by atoms with Crippen molar-refractivity contribution < 1.29 is 18.3 Å².